The zero-order valence-electron chi connectivity index (χ0n) is 23.5. The van der Waals surface area contributed by atoms with Crippen LogP contribution in [0.4, 0.5) is 0 Å². The number of hydrogen-bond donors (Lipinski definition) is 6. The predicted molar refractivity (Wildman–Crippen MR) is 154 cm³/mol. The highest BCUT2D eigenvalue weighted by Crippen LogP contribution is 2.17. The molecule has 0 aliphatic heterocycles. The molecule has 8 N–H and O–H groups in total. The summed E-state index contributed by atoms with van der Waals surface area (Å²) in [4.78, 5) is 27.9. The fourth-order valence-electron chi connectivity index (χ4n) is 3.71. The maximum Gasteiger partial charge on any atom is 0.326 e. The van der Waals surface area contributed by atoms with Gasteiger partial charge in [0.05, 0.1) is 18.6 Å². The summed E-state index contributed by atoms with van der Waals surface area (Å²) in [5, 5.41) is 31.8. The Balaban J connectivity index is 4.67. The van der Waals surface area contributed by atoms with Crippen LogP contribution in [0.5, 0.6) is 0 Å². The van der Waals surface area contributed by atoms with Gasteiger partial charge in [0.25, 0.3) is 0 Å². The molecule has 0 aromatic heterocycles. The van der Waals surface area contributed by atoms with E-state index < -0.39 is 36.5 Å². The van der Waals surface area contributed by atoms with Crippen LogP contribution in [-0.4, -0.2) is 58.5 Å². The number of nitrogens with zero attached hydrogens (tertiary/aromatic N) is 1. The number of aliphatic hydroxyl groups is 2. The molecule has 1 amide bonds. The van der Waals surface area contributed by atoms with Gasteiger partial charge in [0.2, 0.25) is 5.91 Å². The Morgan fingerprint density at radius 2 is 1.61 bits per heavy atom. The van der Waals surface area contributed by atoms with Crippen LogP contribution in [0.25, 0.3) is 0 Å². The zero-order chi connectivity index (χ0) is 28.9. The number of guanidine groups is 1. The van der Waals surface area contributed by atoms with Crippen LogP contribution < -0.4 is 16.8 Å². The number of aliphatic hydroxyl groups excluding tert-OH is 2. The number of nitrogens with two attached hydrogens (primary N) is 2. The molecule has 0 saturated heterocycles. The van der Waals surface area contributed by atoms with Crippen LogP contribution in [0.15, 0.2) is 53.6 Å². The molecule has 0 aliphatic rings. The third kappa shape index (κ3) is 17.5. The Bertz CT molecular complexity index is 818. The van der Waals surface area contributed by atoms with Crippen molar-refractivity contribution in [1.29, 1.82) is 0 Å². The highest BCUT2D eigenvalue weighted by molar-refractivity contribution is 5.85. The van der Waals surface area contributed by atoms with Gasteiger partial charge in [-0.25, -0.2) is 4.79 Å². The molecule has 0 rings (SSSR count). The number of hydrogen-bond acceptors (Lipinski definition) is 5. The van der Waals surface area contributed by atoms with E-state index in [4.69, 9.17) is 11.5 Å². The summed E-state index contributed by atoms with van der Waals surface area (Å²) < 4.78 is 0. The second-order valence-corrected chi connectivity index (χ2v) is 10.0. The molecule has 0 aliphatic carbocycles. The van der Waals surface area contributed by atoms with E-state index in [0.717, 1.165) is 19.3 Å². The fraction of sp³-hybridized carbons (Fsp3) is 0.621. The van der Waals surface area contributed by atoms with Crippen LogP contribution in [0.3, 0.4) is 0 Å². The minimum absolute atomic E-state index is 0.0340. The summed E-state index contributed by atoms with van der Waals surface area (Å²) in [6.07, 6.45) is 18.6. The lowest BCUT2D eigenvalue weighted by Gasteiger charge is -2.21. The molecule has 9 heteroatoms. The third-order valence-corrected chi connectivity index (χ3v) is 6.26. The molecule has 38 heavy (non-hydrogen) atoms. The fourth-order valence-corrected chi connectivity index (χ4v) is 3.71. The van der Waals surface area contributed by atoms with Crippen molar-refractivity contribution in [2.24, 2.45) is 40.1 Å². The van der Waals surface area contributed by atoms with Gasteiger partial charge in [0.1, 0.15) is 6.04 Å². The molecule has 9 nitrogen and oxygen atoms in total. The van der Waals surface area contributed by atoms with E-state index in [9.17, 15) is 24.9 Å². The number of amides is 1. The second-order valence-electron chi connectivity index (χ2n) is 10.0. The van der Waals surface area contributed by atoms with E-state index in [0.29, 0.717) is 37.1 Å². The SMILES string of the molecule is CC[C@H](C)/C=C/C=C/C[C@H](C)C[C@H](C)/C=C/C=C/[C@H](O)[C@H](CO)C(=O)N[C@@H](CCCCN=C(N)N)C(=O)O. The Morgan fingerprint density at radius 1 is 0.974 bits per heavy atom. The lowest BCUT2D eigenvalue weighted by molar-refractivity contribution is -0.143. The first kappa shape index (κ1) is 35.1. The maximum atomic E-state index is 12.5. The first-order chi connectivity index (χ1) is 18.0. The third-order valence-electron chi connectivity index (χ3n) is 6.26. The van der Waals surface area contributed by atoms with Crippen molar-refractivity contribution in [1.82, 2.24) is 5.32 Å². The van der Waals surface area contributed by atoms with Gasteiger partial charge in [-0.15, -0.1) is 0 Å². The smallest absolute Gasteiger partial charge is 0.326 e. The summed E-state index contributed by atoms with van der Waals surface area (Å²) >= 11 is 0. The van der Waals surface area contributed by atoms with Crippen molar-refractivity contribution >= 4 is 17.8 Å². The molecular weight excluding hydrogens is 484 g/mol. The number of aliphatic carboxylic acids is 1. The van der Waals surface area contributed by atoms with E-state index >= 15 is 0 Å². The van der Waals surface area contributed by atoms with Gasteiger partial charge in [0, 0.05) is 6.54 Å². The van der Waals surface area contributed by atoms with Crippen molar-refractivity contribution in [3.05, 3.63) is 48.6 Å². The lowest BCUT2D eigenvalue weighted by Crippen LogP contribution is -2.47. The number of carbonyl (C=O) groups is 2. The number of carboxylic acids is 1. The topological polar surface area (TPSA) is 171 Å². The Kier molecular flexibility index (Phi) is 19.5. The van der Waals surface area contributed by atoms with Crippen LogP contribution in [0.1, 0.15) is 66.2 Å². The van der Waals surface area contributed by atoms with Crippen molar-refractivity contribution in [3.8, 4) is 0 Å². The first-order valence-corrected chi connectivity index (χ1v) is 13.6. The molecular formula is C29H50N4O5. The monoisotopic (exact) mass is 534 g/mol. The van der Waals surface area contributed by atoms with Crippen LogP contribution in [-0.2, 0) is 9.59 Å². The van der Waals surface area contributed by atoms with Gasteiger partial charge in [-0.05, 0) is 49.9 Å². The van der Waals surface area contributed by atoms with Gasteiger partial charge >= 0.3 is 5.97 Å². The molecule has 0 fully saturated rings. The number of carboxylic acid groups (broad SMARTS) is 1. The highest BCUT2D eigenvalue weighted by atomic mass is 16.4. The number of carbonyl (C=O) groups excluding carboxylic acids is 1. The number of allylic oxidation sites excluding steroid dienone is 7. The summed E-state index contributed by atoms with van der Waals surface area (Å²) in [5.41, 5.74) is 10.5. The standard InChI is InChI=1S/C29H50N4O5/c1-5-21(2)13-7-6-8-14-22(3)19-23(4)15-9-10-17-26(35)24(20-34)27(36)33-25(28(37)38)16-11-12-18-32-29(30)31/h6-10,13,15,17,21-26,34-35H,5,11-12,14,16,18-20H2,1-4H3,(H,33,36)(H,37,38)(H4,30,31,32)/b8-6+,13-7+,15-9+,17-10+/t21-,22-,23+,24-,25-,26-/m0/s1. The molecule has 0 unspecified atom stereocenters. The summed E-state index contributed by atoms with van der Waals surface area (Å²) in [6.45, 7) is 8.45. The molecule has 0 spiro atoms. The van der Waals surface area contributed by atoms with Gasteiger partial charge in [-0.3, -0.25) is 9.79 Å². The first-order valence-electron chi connectivity index (χ1n) is 13.6. The largest absolute Gasteiger partial charge is 0.480 e. The highest BCUT2D eigenvalue weighted by Gasteiger charge is 2.28. The number of aliphatic imine (C=N–C) groups is 1. The summed E-state index contributed by atoms with van der Waals surface area (Å²) in [7, 11) is 0. The molecule has 6 atom stereocenters. The molecule has 0 aromatic carbocycles. The number of unbranched alkanes of at least 4 members (excludes halogenated alkanes) is 1. The van der Waals surface area contributed by atoms with Gasteiger partial charge < -0.3 is 32.1 Å². The molecule has 0 radical (unpaired) electrons. The van der Waals surface area contributed by atoms with Crippen molar-refractivity contribution in [2.75, 3.05) is 13.2 Å². The number of rotatable bonds is 20. The van der Waals surface area contributed by atoms with E-state index in [2.05, 4.69) is 62.3 Å². The number of nitrogens with one attached hydrogen (secondary N) is 1. The van der Waals surface area contributed by atoms with E-state index in [1.807, 2.05) is 12.2 Å². The Hall–Kier alpha value is -2.91. The van der Waals surface area contributed by atoms with E-state index in [1.54, 1.807) is 6.08 Å². The minimum atomic E-state index is -1.26. The van der Waals surface area contributed by atoms with Gasteiger partial charge in [-0.1, -0.05) is 82.7 Å². The average molecular weight is 535 g/mol. The Morgan fingerprint density at radius 3 is 2.21 bits per heavy atom. The molecule has 0 saturated carbocycles. The predicted octanol–water partition coefficient (Wildman–Crippen LogP) is 3.29. The minimum Gasteiger partial charge on any atom is -0.480 e. The zero-order valence-corrected chi connectivity index (χ0v) is 23.5. The van der Waals surface area contributed by atoms with Crippen molar-refractivity contribution < 1.29 is 24.9 Å². The maximum absolute atomic E-state index is 12.5. The van der Waals surface area contributed by atoms with Crippen molar-refractivity contribution in [2.45, 2.75) is 78.4 Å². The van der Waals surface area contributed by atoms with E-state index in [1.165, 1.54) is 6.08 Å². The average Bonchev–Trinajstić information content (AvgIpc) is 2.85. The quantitative estimate of drug-likeness (QED) is 0.0602. The van der Waals surface area contributed by atoms with Crippen LogP contribution in [0.2, 0.25) is 0 Å². The van der Waals surface area contributed by atoms with Crippen LogP contribution >= 0.6 is 0 Å². The van der Waals surface area contributed by atoms with E-state index in [-0.39, 0.29) is 12.4 Å². The molecule has 0 bridgehead atoms. The normalized spacial score (nSPS) is 17.0. The van der Waals surface area contributed by atoms with Crippen LogP contribution in [0, 0.1) is 23.7 Å². The van der Waals surface area contributed by atoms with Gasteiger partial charge in [0.15, 0.2) is 5.96 Å². The molecule has 216 valence electrons. The second kappa shape index (κ2) is 21.1. The molecule has 0 aromatic rings. The lowest BCUT2D eigenvalue weighted by atomic mass is 9.94. The summed E-state index contributed by atoms with van der Waals surface area (Å²) in [6, 6.07) is -1.14. The summed E-state index contributed by atoms with van der Waals surface area (Å²) in [5.74, 6) is -1.68. The Labute approximate surface area is 228 Å². The van der Waals surface area contributed by atoms with Gasteiger partial charge in [-0.2, -0.15) is 0 Å². The van der Waals surface area contributed by atoms with Crippen molar-refractivity contribution in [3.63, 3.8) is 0 Å². The molecule has 0 heterocycles.